The number of H-pyrrole nitrogens is 1. The highest BCUT2D eigenvalue weighted by atomic mass is 16.2. The number of piperazine rings is 1. The van der Waals surface area contributed by atoms with E-state index in [0.29, 0.717) is 37.4 Å². The van der Waals surface area contributed by atoms with Gasteiger partial charge in [-0.25, -0.2) is 4.98 Å². The molecule has 3 heterocycles. The van der Waals surface area contributed by atoms with Gasteiger partial charge in [-0.3, -0.25) is 14.6 Å². The van der Waals surface area contributed by atoms with Crippen LogP contribution in [0.5, 0.6) is 0 Å². The number of rotatable bonds is 2. The summed E-state index contributed by atoms with van der Waals surface area (Å²) >= 11 is 0. The van der Waals surface area contributed by atoms with E-state index in [4.69, 9.17) is 0 Å². The molecule has 0 saturated carbocycles. The maximum atomic E-state index is 12.2. The molecule has 0 aliphatic carbocycles. The van der Waals surface area contributed by atoms with Crippen molar-refractivity contribution < 1.29 is 9.59 Å². The molecule has 108 valence electrons. The zero-order chi connectivity index (χ0) is 14.7. The fourth-order valence-electron chi connectivity index (χ4n) is 2.32. The molecule has 0 radical (unpaired) electrons. The van der Waals surface area contributed by atoms with Gasteiger partial charge in [-0.15, -0.1) is 0 Å². The van der Waals surface area contributed by atoms with Crippen molar-refractivity contribution in [2.75, 3.05) is 26.2 Å². The van der Waals surface area contributed by atoms with Crippen molar-refractivity contribution in [3.8, 4) is 0 Å². The second-order valence-electron chi connectivity index (χ2n) is 4.77. The third-order valence-electron chi connectivity index (χ3n) is 3.48. The van der Waals surface area contributed by atoms with Crippen LogP contribution in [-0.2, 0) is 0 Å². The van der Waals surface area contributed by atoms with Gasteiger partial charge in [0.2, 0.25) is 0 Å². The number of aromatic nitrogens is 3. The van der Waals surface area contributed by atoms with Crippen LogP contribution >= 0.6 is 0 Å². The Balaban J connectivity index is 1.60. The van der Waals surface area contributed by atoms with E-state index in [1.165, 1.54) is 18.6 Å². The summed E-state index contributed by atoms with van der Waals surface area (Å²) in [5.41, 5.74) is 0.978. The standard InChI is InChI=1S/C14H15N5O2/c20-13(11-1-2-15-9-11)18-5-7-19(8-6-18)14(21)12-10-16-3-4-17-12/h1-4,9-10,15H,5-8H2. The van der Waals surface area contributed by atoms with Crippen LogP contribution in [-0.4, -0.2) is 62.7 Å². The Hall–Kier alpha value is -2.70. The number of nitrogens with one attached hydrogen (secondary N) is 1. The molecule has 2 aromatic rings. The second-order valence-corrected chi connectivity index (χ2v) is 4.77. The topological polar surface area (TPSA) is 82.2 Å². The maximum absolute atomic E-state index is 12.2. The molecule has 1 aliphatic rings. The maximum Gasteiger partial charge on any atom is 0.274 e. The summed E-state index contributed by atoms with van der Waals surface area (Å²) in [6, 6.07) is 1.75. The molecule has 7 nitrogen and oxygen atoms in total. The minimum atomic E-state index is -0.142. The van der Waals surface area contributed by atoms with E-state index >= 15 is 0 Å². The fourth-order valence-corrected chi connectivity index (χ4v) is 2.32. The van der Waals surface area contributed by atoms with Crippen molar-refractivity contribution in [2.24, 2.45) is 0 Å². The predicted octanol–water partition coefficient (Wildman–Crippen LogP) is 0.403. The number of hydrogen-bond acceptors (Lipinski definition) is 4. The molecule has 21 heavy (non-hydrogen) atoms. The van der Waals surface area contributed by atoms with Crippen LogP contribution in [0.1, 0.15) is 20.8 Å². The average Bonchev–Trinajstić information content (AvgIpc) is 3.09. The first-order chi connectivity index (χ1) is 10.3. The van der Waals surface area contributed by atoms with Gasteiger partial charge in [0.05, 0.1) is 11.8 Å². The van der Waals surface area contributed by atoms with Crippen LogP contribution in [0.2, 0.25) is 0 Å². The van der Waals surface area contributed by atoms with Crippen molar-refractivity contribution in [2.45, 2.75) is 0 Å². The lowest BCUT2D eigenvalue weighted by Crippen LogP contribution is -2.50. The van der Waals surface area contributed by atoms with E-state index in [-0.39, 0.29) is 11.8 Å². The van der Waals surface area contributed by atoms with Crippen molar-refractivity contribution in [3.63, 3.8) is 0 Å². The summed E-state index contributed by atoms with van der Waals surface area (Å²) in [5, 5.41) is 0. The predicted molar refractivity (Wildman–Crippen MR) is 74.6 cm³/mol. The molecule has 0 spiro atoms. The lowest BCUT2D eigenvalue weighted by Gasteiger charge is -2.34. The van der Waals surface area contributed by atoms with Crippen molar-refractivity contribution in [1.29, 1.82) is 0 Å². The van der Waals surface area contributed by atoms with Crippen LogP contribution in [0.15, 0.2) is 37.1 Å². The summed E-state index contributed by atoms with van der Waals surface area (Å²) in [6.45, 7) is 2.06. The first-order valence-electron chi connectivity index (χ1n) is 6.73. The molecule has 0 bridgehead atoms. The number of aromatic amines is 1. The molecule has 1 N–H and O–H groups in total. The summed E-state index contributed by atoms with van der Waals surface area (Å²) in [7, 11) is 0. The molecular formula is C14H15N5O2. The molecule has 2 amide bonds. The SMILES string of the molecule is O=C(c1cc[nH]c1)N1CCN(C(=O)c2cnccn2)CC1. The van der Waals surface area contributed by atoms with Gasteiger partial charge in [-0.05, 0) is 6.07 Å². The molecule has 1 aliphatic heterocycles. The van der Waals surface area contributed by atoms with E-state index in [1.807, 2.05) is 0 Å². The van der Waals surface area contributed by atoms with Gasteiger partial charge in [0.1, 0.15) is 5.69 Å². The third kappa shape index (κ3) is 2.76. The van der Waals surface area contributed by atoms with Crippen molar-refractivity contribution in [3.05, 3.63) is 48.3 Å². The number of nitrogens with zero attached hydrogens (tertiary/aromatic N) is 4. The lowest BCUT2D eigenvalue weighted by molar-refractivity contribution is 0.0532. The van der Waals surface area contributed by atoms with Crippen molar-refractivity contribution >= 4 is 11.8 Å². The monoisotopic (exact) mass is 285 g/mol. The molecule has 0 aromatic carbocycles. The summed E-state index contributed by atoms with van der Waals surface area (Å²) in [4.78, 5) is 38.6. The van der Waals surface area contributed by atoms with Crippen LogP contribution < -0.4 is 0 Å². The highest BCUT2D eigenvalue weighted by Gasteiger charge is 2.26. The van der Waals surface area contributed by atoms with Gasteiger partial charge in [0.25, 0.3) is 11.8 Å². The van der Waals surface area contributed by atoms with E-state index in [9.17, 15) is 9.59 Å². The Labute approximate surface area is 121 Å². The zero-order valence-electron chi connectivity index (χ0n) is 11.4. The van der Waals surface area contributed by atoms with Gasteiger partial charge in [0.15, 0.2) is 0 Å². The highest BCUT2D eigenvalue weighted by molar-refractivity contribution is 5.95. The van der Waals surface area contributed by atoms with E-state index in [2.05, 4.69) is 15.0 Å². The number of carbonyl (C=O) groups excluding carboxylic acids is 2. The molecule has 7 heteroatoms. The highest BCUT2D eigenvalue weighted by Crippen LogP contribution is 2.10. The third-order valence-corrected chi connectivity index (χ3v) is 3.48. The van der Waals surface area contributed by atoms with Gasteiger partial charge in [-0.1, -0.05) is 0 Å². The Morgan fingerprint density at radius 3 is 2.33 bits per heavy atom. The Morgan fingerprint density at radius 1 is 1.05 bits per heavy atom. The molecule has 1 saturated heterocycles. The first kappa shape index (κ1) is 13.3. The number of amides is 2. The van der Waals surface area contributed by atoms with Crippen molar-refractivity contribution in [1.82, 2.24) is 24.8 Å². The normalized spacial score (nSPS) is 15.0. The molecule has 1 fully saturated rings. The summed E-state index contributed by atoms with van der Waals surface area (Å²) in [5.74, 6) is -0.153. The molecule has 0 unspecified atom stereocenters. The Morgan fingerprint density at radius 2 is 1.76 bits per heavy atom. The number of carbonyl (C=O) groups is 2. The largest absolute Gasteiger partial charge is 0.367 e. The summed E-state index contributed by atoms with van der Waals surface area (Å²) < 4.78 is 0. The van der Waals surface area contributed by atoms with Crippen LogP contribution in [0.3, 0.4) is 0 Å². The van der Waals surface area contributed by atoms with E-state index < -0.39 is 0 Å². The van der Waals surface area contributed by atoms with Crippen LogP contribution in [0, 0.1) is 0 Å². The Bertz CT molecular complexity index is 618. The minimum Gasteiger partial charge on any atom is -0.367 e. The molecule has 0 atom stereocenters. The quantitative estimate of drug-likeness (QED) is 0.866. The van der Waals surface area contributed by atoms with E-state index in [1.54, 1.807) is 28.3 Å². The van der Waals surface area contributed by atoms with Gasteiger partial charge in [-0.2, -0.15) is 0 Å². The van der Waals surface area contributed by atoms with Crippen LogP contribution in [0.25, 0.3) is 0 Å². The number of hydrogen-bond donors (Lipinski definition) is 1. The second kappa shape index (κ2) is 5.74. The summed E-state index contributed by atoms with van der Waals surface area (Å²) in [6.07, 6.45) is 7.89. The minimum absolute atomic E-state index is 0.0112. The smallest absolute Gasteiger partial charge is 0.274 e. The first-order valence-corrected chi connectivity index (χ1v) is 6.73. The van der Waals surface area contributed by atoms with Crippen LogP contribution in [0.4, 0.5) is 0 Å². The van der Waals surface area contributed by atoms with Gasteiger partial charge < -0.3 is 14.8 Å². The molecular weight excluding hydrogens is 270 g/mol. The average molecular weight is 285 g/mol. The fraction of sp³-hybridized carbons (Fsp3) is 0.286. The molecule has 2 aromatic heterocycles. The Kier molecular flexibility index (Phi) is 3.63. The zero-order valence-corrected chi connectivity index (χ0v) is 11.4. The van der Waals surface area contributed by atoms with Gasteiger partial charge in [0, 0.05) is 51.0 Å². The van der Waals surface area contributed by atoms with Gasteiger partial charge >= 0.3 is 0 Å². The molecule has 3 rings (SSSR count). The van der Waals surface area contributed by atoms with E-state index in [0.717, 1.165) is 0 Å². The lowest BCUT2D eigenvalue weighted by atomic mass is 10.2.